The van der Waals surface area contributed by atoms with Gasteiger partial charge in [0.05, 0.1) is 11.0 Å². The highest BCUT2D eigenvalue weighted by Crippen LogP contribution is 2.38. The van der Waals surface area contributed by atoms with Crippen molar-refractivity contribution in [1.29, 1.82) is 0 Å². The van der Waals surface area contributed by atoms with Gasteiger partial charge < -0.3 is 19.4 Å². The van der Waals surface area contributed by atoms with Gasteiger partial charge in [-0.05, 0) is 12.8 Å². The molecule has 0 spiro atoms. The highest BCUT2D eigenvalue weighted by molar-refractivity contribution is 5.84. The van der Waals surface area contributed by atoms with Gasteiger partial charge in [0.15, 0.2) is 11.5 Å². The summed E-state index contributed by atoms with van der Waals surface area (Å²) < 4.78 is 52.5. The number of halogens is 3. The maximum absolute atomic E-state index is 13.5. The van der Waals surface area contributed by atoms with Crippen molar-refractivity contribution >= 4 is 16.9 Å². The van der Waals surface area contributed by atoms with Gasteiger partial charge >= 0.3 is 6.18 Å². The third kappa shape index (κ3) is 3.88. The Hall–Kier alpha value is -2.45. The van der Waals surface area contributed by atoms with Crippen molar-refractivity contribution in [2.45, 2.75) is 57.3 Å². The molecule has 2 aromatic rings. The largest absolute Gasteiger partial charge is 0.486 e. The molecule has 6 nitrogen and oxygen atoms in total. The highest BCUT2D eigenvalue weighted by Gasteiger charge is 2.38. The summed E-state index contributed by atoms with van der Waals surface area (Å²) in [4.78, 5) is 16.2. The molecular formula is C19H22F3N3O3. The number of amides is 1. The summed E-state index contributed by atoms with van der Waals surface area (Å²) >= 11 is 0. The molecule has 4 rings (SSSR count). The van der Waals surface area contributed by atoms with Gasteiger partial charge in [0, 0.05) is 18.2 Å². The fraction of sp³-hybridized carbons (Fsp3) is 0.579. The summed E-state index contributed by atoms with van der Waals surface area (Å²) in [7, 11) is 0. The number of imidazole rings is 1. The monoisotopic (exact) mass is 397 g/mol. The number of fused-ring (bicyclic) bond motifs is 2. The SMILES string of the molecule is O=C(Cn1c(C(F)(F)F)nc2cc3c(cc21)OCCO3)NC1CCCCCC1. The molecule has 1 aliphatic carbocycles. The fourth-order valence-electron chi connectivity index (χ4n) is 3.88. The van der Waals surface area contributed by atoms with Gasteiger partial charge in [-0.2, -0.15) is 13.2 Å². The van der Waals surface area contributed by atoms with Crippen LogP contribution in [0, 0.1) is 0 Å². The third-order valence-corrected chi connectivity index (χ3v) is 5.19. The van der Waals surface area contributed by atoms with E-state index in [1.54, 1.807) is 0 Å². The number of hydrogen-bond acceptors (Lipinski definition) is 4. The standard InChI is InChI=1S/C19H22F3N3O3/c20-19(21,22)18-24-13-9-15-16(28-8-7-27-15)10-14(13)25(18)11-17(26)23-12-5-3-1-2-4-6-12/h9-10,12H,1-8,11H2,(H,23,26). The molecule has 28 heavy (non-hydrogen) atoms. The number of alkyl halides is 3. The maximum atomic E-state index is 13.5. The normalized spacial score (nSPS) is 18.1. The van der Waals surface area contributed by atoms with Crippen molar-refractivity contribution in [3.05, 3.63) is 18.0 Å². The summed E-state index contributed by atoms with van der Waals surface area (Å²) in [6.07, 6.45) is 1.35. The number of hydrogen-bond donors (Lipinski definition) is 1. The molecule has 1 aromatic heterocycles. The predicted molar refractivity (Wildman–Crippen MR) is 95.4 cm³/mol. The van der Waals surface area contributed by atoms with Crippen LogP contribution in [-0.4, -0.2) is 34.7 Å². The zero-order valence-electron chi connectivity index (χ0n) is 15.3. The minimum Gasteiger partial charge on any atom is -0.486 e. The minimum atomic E-state index is -4.68. The molecule has 0 atom stereocenters. The summed E-state index contributed by atoms with van der Waals surface area (Å²) in [5.74, 6) is -0.815. The Bertz CT molecular complexity index is 871. The number of benzene rings is 1. The quantitative estimate of drug-likeness (QED) is 0.803. The Kier molecular flexibility index (Phi) is 5.07. The van der Waals surface area contributed by atoms with Crippen LogP contribution in [0.5, 0.6) is 11.5 Å². The second kappa shape index (κ2) is 7.52. The molecular weight excluding hydrogens is 375 g/mol. The first-order chi connectivity index (χ1) is 13.4. The second-order valence-corrected chi connectivity index (χ2v) is 7.26. The fourth-order valence-corrected chi connectivity index (χ4v) is 3.88. The lowest BCUT2D eigenvalue weighted by Gasteiger charge is -2.19. The molecule has 1 amide bonds. The van der Waals surface area contributed by atoms with Crippen LogP contribution in [0.4, 0.5) is 13.2 Å². The first-order valence-electron chi connectivity index (χ1n) is 9.58. The van der Waals surface area contributed by atoms with Gasteiger partial charge in [0.2, 0.25) is 11.7 Å². The second-order valence-electron chi connectivity index (χ2n) is 7.26. The van der Waals surface area contributed by atoms with Gasteiger partial charge in [0.1, 0.15) is 19.8 Å². The van der Waals surface area contributed by atoms with E-state index in [1.807, 2.05) is 0 Å². The number of rotatable bonds is 3. The number of nitrogens with zero attached hydrogens (tertiary/aromatic N) is 2. The van der Waals surface area contributed by atoms with Crippen molar-refractivity contribution in [3.8, 4) is 11.5 Å². The van der Waals surface area contributed by atoms with Crippen molar-refractivity contribution in [2.24, 2.45) is 0 Å². The molecule has 1 aromatic carbocycles. The first kappa shape index (κ1) is 18.9. The lowest BCUT2D eigenvalue weighted by atomic mass is 10.1. The lowest BCUT2D eigenvalue weighted by molar-refractivity contribution is -0.147. The Morgan fingerprint density at radius 3 is 2.39 bits per heavy atom. The van der Waals surface area contributed by atoms with E-state index in [4.69, 9.17) is 9.47 Å². The van der Waals surface area contributed by atoms with Crippen molar-refractivity contribution in [3.63, 3.8) is 0 Å². The number of aromatic nitrogens is 2. The maximum Gasteiger partial charge on any atom is 0.449 e. The average Bonchev–Trinajstić information content (AvgIpc) is 2.82. The minimum absolute atomic E-state index is 0.0172. The van der Waals surface area contributed by atoms with Gasteiger partial charge in [-0.1, -0.05) is 25.7 Å². The third-order valence-electron chi connectivity index (χ3n) is 5.19. The molecule has 2 heterocycles. The molecule has 152 valence electrons. The number of carbonyl (C=O) groups excluding carboxylic acids is 1. The number of carbonyl (C=O) groups is 1. The molecule has 1 aliphatic heterocycles. The van der Waals surface area contributed by atoms with Gasteiger partial charge in [0.25, 0.3) is 0 Å². The van der Waals surface area contributed by atoms with Crippen LogP contribution in [0.25, 0.3) is 11.0 Å². The number of nitrogens with one attached hydrogen (secondary N) is 1. The molecule has 1 N–H and O–H groups in total. The van der Waals surface area contributed by atoms with Gasteiger partial charge in [-0.15, -0.1) is 0 Å². The molecule has 1 fully saturated rings. The smallest absolute Gasteiger partial charge is 0.449 e. The predicted octanol–water partition coefficient (Wildman–Crippen LogP) is 3.67. The van der Waals surface area contributed by atoms with Crippen molar-refractivity contribution < 1.29 is 27.4 Å². The molecule has 1 saturated carbocycles. The van der Waals surface area contributed by atoms with Gasteiger partial charge in [-0.3, -0.25) is 4.79 Å². The van der Waals surface area contributed by atoms with E-state index < -0.39 is 24.5 Å². The molecule has 0 radical (unpaired) electrons. The zero-order chi connectivity index (χ0) is 19.7. The van der Waals surface area contributed by atoms with Crippen LogP contribution < -0.4 is 14.8 Å². The van der Waals surface area contributed by atoms with E-state index in [9.17, 15) is 18.0 Å². The van der Waals surface area contributed by atoms with E-state index in [1.165, 1.54) is 12.1 Å². The molecule has 0 bridgehead atoms. The Balaban J connectivity index is 1.64. The van der Waals surface area contributed by atoms with E-state index in [0.29, 0.717) is 24.7 Å². The van der Waals surface area contributed by atoms with E-state index in [-0.39, 0.29) is 17.1 Å². The summed E-state index contributed by atoms with van der Waals surface area (Å²) in [5, 5.41) is 2.89. The Labute approximate surface area is 160 Å². The average molecular weight is 397 g/mol. The van der Waals surface area contributed by atoms with E-state index in [2.05, 4.69) is 10.3 Å². The molecule has 2 aliphatic rings. The molecule has 0 unspecified atom stereocenters. The topological polar surface area (TPSA) is 65.4 Å². The summed E-state index contributed by atoms with van der Waals surface area (Å²) in [5.41, 5.74) is 0.325. The summed E-state index contributed by atoms with van der Waals surface area (Å²) in [6, 6.07) is 2.91. The van der Waals surface area contributed by atoms with E-state index in [0.717, 1.165) is 43.1 Å². The van der Waals surface area contributed by atoms with Gasteiger partial charge in [-0.25, -0.2) is 4.98 Å². The van der Waals surface area contributed by atoms with Crippen LogP contribution in [0.3, 0.4) is 0 Å². The van der Waals surface area contributed by atoms with Crippen LogP contribution in [-0.2, 0) is 17.5 Å². The van der Waals surface area contributed by atoms with Crippen LogP contribution in [0.2, 0.25) is 0 Å². The Morgan fingerprint density at radius 1 is 1.11 bits per heavy atom. The first-order valence-corrected chi connectivity index (χ1v) is 9.58. The highest BCUT2D eigenvalue weighted by atomic mass is 19.4. The zero-order valence-corrected chi connectivity index (χ0v) is 15.3. The number of ether oxygens (including phenoxy) is 2. The molecule has 0 saturated heterocycles. The van der Waals surface area contributed by atoms with E-state index >= 15 is 0 Å². The van der Waals surface area contributed by atoms with Crippen LogP contribution in [0.15, 0.2) is 12.1 Å². The molecule has 9 heteroatoms. The lowest BCUT2D eigenvalue weighted by Crippen LogP contribution is -2.37. The Morgan fingerprint density at radius 2 is 1.75 bits per heavy atom. The van der Waals surface area contributed by atoms with Crippen LogP contribution in [0.1, 0.15) is 44.3 Å². The summed E-state index contributed by atoms with van der Waals surface area (Å²) in [6.45, 7) is 0.206. The van der Waals surface area contributed by atoms with Crippen molar-refractivity contribution in [2.75, 3.05) is 13.2 Å². The van der Waals surface area contributed by atoms with Crippen molar-refractivity contribution in [1.82, 2.24) is 14.9 Å². The van der Waals surface area contributed by atoms with Crippen LogP contribution >= 0.6 is 0 Å².